The van der Waals surface area contributed by atoms with E-state index in [0.29, 0.717) is 0 Å². The van der Waals surface area contributed by atoms with Crippen molar-refractivity contribution in [2.45, 2.75) is 52.4 Å². The first-order valence-electron chi connectivity index (χ1n) is 18.6. The first kappa shape index (κ1) is 43.7. The summed E-state index contributed by atoms with van der Waals surface area (Å²) in [6.45, 7) is 13.0. The van der Waals surface area contributed by atoms with Gasteiger partial charge in [-0.3, -0.25) is 9.36 Å². The Morgan fingerprint density at radius 1 is 0.448 bits per heavy atom. The maximum atomic E-state index is 4.67. The van der Waals surface area contributed by atoms with Gasteiger partial charge in [-0.25, -0.2) is 0 Å². The van der Waals surface area contributed by atoms with Gasteiger partial charge in [-0.1, -0.05) is 137 Å². The molecule has 10 rings (SSSR count). The molecular formula is C48H44N8Pt2. The summed E-state index contributed by atoms with van der Waals surface area (Å²) in [5.41, 5.74) is 8.04. The third kappa shape index (κ3) is 10.5. The van der Waals surface area contributed by atoms with E-state index < -0.39 is 0 Å². The van der Waals surface area contributed by atoms with Gasteiger partial charge >= 0.3 is 42.1 Å². The molecule has 0 unspecified atom stereocenters. The second-order valence-electron chi connectivity index (χ2n) is 15.3. The van der Waals surface area contributed by atoms with Crippen LogP contribution in [0.5, 0.6) is 0 Å². The van der Waals surface area contributed by atoms with Crippen molar-refractivity contribution in [2.24, 2.45) is 0 Å². The molecule has 0 bridgehead atoms. The number of nitrogens with zero attached hydrogens (tertiary/aromatic N) is 8. The number of para-hydroxylation sites is 4. The third-order valence-electron chi connectivity index (χ3n) is 9.02. The van der Waals surface area contributed by atoms with Gasteiger partial charge in [-0.15, -0.1) is 12.1 Å². The standard InChI is InChI=1S/2C15H15N2.2C9H7N2.2Pt/c2*1-15(2,3)13-9-8-11-10-6-4-5-7-12(10)16-14(11)17-13;2*1-2-5-9(6-3-1)11-8-4-7-10-11;;/h2*4-9H,1-3H3;2*1-5,7-8H;;/q4*-1;2*+2. The molecular weight excluding hydrogens is 1080 g/mol. The topological polar surface area (TPSA) is 89.6 Å². The average Bonchev–Trinajstić information content (AvgIpc) is 4.05. The molecule has 0 aliphatic heterocycles. The van der Waals surface area contributed by atoms with E-state index in [1.807, 2.05) is 109 Å². The SMILES string of the molecule is CC(C)(C)c1ccc2c(n1)[n-]c1ccccc12.CC(C)(C)c1ccc2c(n1)[n-]c1ccccc12.[Pt+2].[Pt+2].[c-]1ccccc1-n1cccn1.[c-]1ccccc1-n1cccn1. The Morgan fingerprint density at radius 2 is 0.845 bits per heavy atom. The Balaban J connectivity index is 0.000000149. The predicted molar refractivity (Wildman–Crippen MR) is 227 cm³/mol. The van der Waals surface area contributed by atoms with E-state index >= 15 is 0 Å². The minimum atomic E-state index is 0. The van der Waals surface area contributed by atoms with Gasteiger partial charge in [-0.05, 0) is 66.9 Å². The molecule has 58 heavy (non-hydrogen) atoms. The second-order valence-corrected chi connectivity index (χ2v) is 15.3. The number of benzene rings is 4. The molecule has 10 aromatic rings. The number of aromatic nitrogens is 8. The fraction of sp³-hybridized carbons (Fsp3) is 0.167. The number of hydrogen-bond donors (Lipinski definition) is 0. The van der Waals surface area contributed by atoms with Crippen molar-refractivity contribution in [1.82, 2.24) is 39.5 Å². The Morgan fingerprint density at radius 3 is 1.19 bits per heavy atom. The van der Waals surface area contributed by atoms with Crippen molar-refractivity contribution < 1.29 is 42.1 Å². The monoisotopic (exact) mass is 1120 g/mol. The summed E-state index contributed by atoms with van der Waals surface area (Å²) in [5.74, 6) is 0. The van der Waals surface area contributed by atoms with Crippen LogP contribution in [0.4, 0.5) is 0 Å². The largest absolute Gasteiger partial charge is 2.00 e. The molecule has 0 aliphatic carbocycles. The van der Waals surface area contributed by atoms with Crippen LogP contribution in [0.3, 0.4) is 0 Å². The molecule has 6 aromatic heterocycles. The first-order chi connectivity index (χ1) is 27.0. The van der Waals surface area contributed by atoms with Crippen molar-refractivity contribution in [3.63, 3.8) is 0 Å². The summed E-state index contributed by atoms with van der Waals surface area (Å²) in [7, 11) is 0. The molecule has 296 valence electrons. The van der Waals surface area contributed by atoms with E-state index in [2.05, 4.69) is 120 Å². The van der Waals surface area contributed by atoms with Crippen molar-refractivity contribution in [3.8, 4) is 11.4 Å². The van der Waals surface area contributed by atoms with Crippen LogP contribution in [0.1, 0.15) is 52.9 Å². The van der Waals surface area contributed by atoms with E-state index in [9.17, 15) is 0 Å². The summed E-state index contributed by atoms with van der Waals surface area (Å²) < 4.78 is 3.56. The Kier molecular flexibility index (Phi) is 14.6. The van der Waals surface area contributed by atoms with Crippen LogP contribution in [0.15, 0.2) is 158 Å². The van der Waals surface area contributed by atoms with Crippen molar-refractivity contribution in [3.05, 3.63) is 182 Å². The van der Waals surface area contributed by atoms with Crippen molar-refractivity contribution in [1.29, 1.82) is 0 Å². The van der Waals surface area contributed by atoms with Crippen LogP contribution in [-0.4, -0.2) is 29.5 Å². The summed E-state index contributed by atoms with van der Waals surface area (Å²) in [6, 6.07) is 50.3. The quantitative estimate of drug-likeness (QED) is 0.160. The number of pyridine rings is 2. The maximum Gasteiger partial charge on any atom is 2.00 e. The van der Waals surface area contributed by atoms with E-state index in [1.165, 1.54) is 10.8 Å². The van der Waals surface area contributed by atoms with Gasteiger partial charge in [0.2, 0.25) is 0 Å². The molecule has 0 amide bonds. The first-order valence-corrected chi connectivity index (χ1v) is 18.6. The van der Waals surface area contributed by atoms with Gasteiger partial charge in [-0.2, -0.15) is 58.7 Å². The molecule has 0 saturated carbocycles. The molecule has 0 atom stereocenters. The Labute approximate surface area is 368 Å². The van der Waals surface area contributed by atoms with Gasteiger partial charge in [0.15, 0.2) is 0 Å². The maximum absolute atomic E-state index is 4.67. The molecule has 0 saturated heterocycles. The van der Waals surface area contributed by atoms with E-state index in [1.54, 1.807) is 21.8 Å². The fourth-order valence-electron chi connectivity index (χ4n) is 6.02. The van der Waals surface area contributed by atoms with Gasteiger partial charge < -0.3 is 19.9 Å². The average molecular weight is 1120 g/mol. The number of fused-ring (bicyclic) bond motifs is 6. The van der Waals surface area contributed by atoms with Crippen LogP contribution < -0.4 is 9.97 Å². The summed E-state index contributed by atoms with van der Waals surface area (Å²) in [6.07, 6.45) is 7.29. The van der Waals surface area contributed by atoms with E-state index in [4.69, 9.17) is 0 Å². The summed E-state index contributed by atoms with van der Waals surface area (Å²) >= 11 is 0. The molecule has 0 radical (unpaired) electrons. The van der Waals surface area contributed by atoms with Crippen LogP contribution in [0, 0.1) is 12.1 Å². The minimum absolute atomic E-state index is 0. The molecule has 0 N–H and O–H groups in total. The van der Waals surface area contributed by atoms with Gasteiger partial charge in [0, 0.05) is 24.8 Å². The molecule has 4 aromatic carbocycles. The van der Waals surface area contributed by atoms with E-state index in [0.717, 1.165) is 55.9 Å². The molecule has 0 fully saturated rings. The van der Waals surface area contributed by atoms with Gasteiger partial charge in [0.05, 0.1) is 0 Å². The van der Waals surface area contributed by atoms with Crippen molar-refractivity contribution in [2.75, 3.05) is 0 Å². The van der Waals surface area contributed by atoms with Gasteiger partial charge in [0.1, 0.15) is 0 Å². The van der Waals surface area contributed by atoms with Crippen LogP contribution in [-0.2, 0) is 53.0 Å². The number of rotatable bonds is 2. The summed E-state index contributed by atoms with van der Waals surface area (Å²) in [4.78, 5) is 18.5. The normalized spacial score (nSPS) is 11.0. The van der Waals surface area contributed by atoms with Crippen LogP contribution >= 0.6 is 0 Å². The minimum Gasteiger partial charge on any atom is -0.439 e. The molecule has 0 spiro atoms. The molecule has 8 nitrogen and oxygen atoms in total. The van der Waals surface area contributed by atoms with E-state index in [-0.39, 0.29) is 53.0 Å². The third-order valence-corrected chi connectivity index (χ3v) is 9.02. The molecule has 10 heteroatoms. The van der Waals surface area contributed by atoms with Crippen molar-refractivity contribution >= 4 is 43.9 Å². The smallest absolute Gasteiger partial charge is 0.439 e. The Hall–Kier alpha value is -5.42. The Bertz CT molecular complexity index is 2570. The number of hydrogen-bond acceptors (Lipinski definition) is 4. The zero-order chi connectivity index (χ0) is 39.1. The second kappa shape index (κ2) is 19.3. The molecule has 6 heterocycles. The molecule has 0 aliphatic rings. The fourth-order valence-corrected chi connectivity index (χ4v) is 6.02. The van der Waals surface area contributed by atoms with Gasteiger partial charge in [0.25, 0.3) is 0 Å². The zero-order valence-electron chi connectivity index (χ0n) is 33.2. The summed E-state index contributed by atoms with van der Waals surface area (Å²) in [5, 5.41) is 12.8. The van der Waals surface area contributed by atoms with Crippen LogP contribution in [0.25, 0.3) is 55.2 Å². The predicted octanol–water partition coefficient (Wildman–Crippen LogP) is 10.6. The zero-order valence-corrected chi connectivity index (χ0v) is 37.8. The van der Waals surface area contributed by atoms with Crippen LogP contribution in [0.2, 0.25) is 0 Å².